The van der Waals surface area contributed by atoms with Crippen molar-refractivity contribution in [3.63, 3.8) is 0 Å². The third-order valence-corrected chi connectivity index (χ3v) is 5.00. The predicted molar refractivity (Wildman–Crippen MR) is 76.0 cm³/mol. The number of rotatable bonds is 2. The number of hydrogen-bond acceptors (Lipinski definition) is 2. The van der Waals surface area contributed by atoms with Gasteiger partial charge < -0.3 is 15.3 Å². The Bertz CT molecular complexity index is 311. The largest absolute Gasteiger partial charge is 0.390 e. The number of likely N-dealkylation sites (tertiary alicyclic amines) is 1. The molecule has 0 unspecified atom stereocenters. The Morgan fingerprint density at radius 1 is 1.37 bits per heavy atom. The summed E-state index contributed by atoms with van der Waals surface area (Å²) in [6.45, 7) is 6.02. The first-order chi connectivity index (χ1) is 8.99. The zero-order chi connectivity index (χ0) is 13.9. The highest BCUT2D eigenvalue weighted by Crippen LogP contribution is 2.27. The minimum atomic E-state index is -0.625. The second kappa shape index (κ2) is 6.12. The van der Waals surface area contributed by atoms with E-state index in [1.54, 1.807) is 0 Å². The lowest BCUT2D eigenvalue weighted by atomic mass is 9.84. The Hall–Kier alpha value is -0.770. The van der Waals surface area contributed by atoms with Gasteiger partial charge in [-0.15, -0.1) is 0 Å². The van der Waals surface area contributed by atoms with E-state index >= 15 is 0 Å². The molecule has 4 nitrogen and oxygen atoms in total. The zero-order valence-electron chi connectivity index (χ0n) is 12.3. The second-order valence-corrected chi connectivity index (χ2v) is 6.64. The van der Waals surface area contributed by atoms with Crippen LogP contribution in [0.1, 0.15) is 52.4 Å². The minimum absolute atomic E-state index is 0.0490. The standard InChI is InChI=1S/C15H28N2O2/c1-12-11-17(9-8-15(12,2)19)14(18)16-10-13-6-4-3-5-7-13/h12-13,19H,3-11H2,1-2H3,(H,16,18)/t12-,15+/m1/s1. The zero-order valence-corrected chi connectivity index (χ0v) is 12.3. The molecule has 2 amide bonds. The number of nitrogens with zero attached hydrogens (tertiary/aromatic N) is 1. The van der Waals surface area contributed by atoms with Crippen molar-refractivity contribution in [2.75, 3.05) is 19.6 Å². The van der Waals surface area contributed by atoms with Gasteiger partial charge in [-0.2, -0.15) is 0 Å². The summed E-state index contributed by atoms with van der Waals surface area (Å²) in [5.41, 5.74) is -0.625. The van der Waals surface area contributed by atoms with E-state index in [-0.39, 0.29) is 11.9 Å². The first kappa shape index (κ1) is 14.6. The molecule has 1 saturated heterocycles. The fourth-order valence-electron chi connectivity index (χ4n) is 3.15. The highest BCUT2D eigenvalue weighted by atomic mass is 16.3. The van der Waals surface area contributed by atoms with Gasteiger partial charge in [0.25, 0.3) is 0 Å². The maximum atomic E-state index is 12.1. The van der Waals surface area contributed by atoms with Gasteiger partial charge in [0.05, 0.1) is 5.60 Å². The third-order valence-electron chi connectivity index (χ3n) is 5.00. The maximum absolute atomic E-state index is 12.1. The summed E-state index contributed by atoms with van der Waals surface area (Å²) in [6.07, 6.45) is 7.15. The molecular weight excluding hydrogens is 240 g/mol. The van der Waals surface area contributed by atoms with E-state index < -0.39 is 5.60 Å². The Morgan fingerprint density at radius 2 is 2.05 bits per heavy atom. The lowest BCUT2D eigenvalue weighted by Crippen LogP contribution is -2.53. The highest BCUT2D eigenvalue weighted by Gasteiger charge is 2.36. The number of nitrogens with one attached hydrogen (secondary N) is 1. The normalized spacial score (nSPS) is 33.2. The molecule has 0 radical (unpaired) electrons. The molecule has 110 valence electrons. The van der Waals surface area contributed by atoms with Crippen molar-refractivity contribution >= 4 is 6.03 Å². The van der Waals surface area contributed by atoms with Crippen molar-refractivity contribution < 1.29 is 9.90 Å². The molecule has 1 heterocycles. The van der Waals surface area contributed by atoms with Gasteiger partial charge in [0.2, 0.25) is 0 Å². The van der Waals surface area contributed by atoms with Crippen molar-refractivity contribution in [2.24, 2.45) is 11.8 Å². The fourth-order valence-corrected chi connectivity index (χ4v) is 3.15. The van der Waals surface area contributed by atoms with E-state index in [9.17, 15) is 9.90 Å². The Kier molecular flexibility index (Phi) is 4.71. The topological polar surface area (TPSA) is 52.6 Å². The summed E-state index contributed by atoms with van der Waals surface area (Å²) >= 11 is 0. The molecule has 2 fully saturated rings. The lowest BCUT2D eigenvalue weighted by Gasteiger charge is -2.41. The van der Waals surface area contributed by atoms with Crippen LogP contribution in [-0.4, -0.2) is 41.3 Å². The molecule has 1 aliphatic heterocycles. The molecule has 1 saturated carbocycles. The van der Waals surface area contributed by atoms with Crippen LogP contribution in [0.2, 0.25) is 0 Å². The lowest BCUT2D eigenvalue weighted by molar-refractivity contribution is -0.0407. The van der Waals surface area contributed by atoms with Gasteiger partial charge in [-0.25, -0.2) is 4.79 Å². The highest BCUT2D eigenvalue weighted by molar-refractivity contribution is 5.74. The molecule has 0 spiro atoms. The molecule has 0 aromatic rings. The summed E-state index contributed by atoms with van der Waals surface area (Å²) in [5, 5.41) is 13.2. The Morgan fingerprint density at radius 3 is 2.68 bits per heavy atom. The van der Waals surface area contributed by atoms with Gasteiger partial charge >= 0.3 is 6.03 Å². The Labute approximate surface area is 116 Å². The van der Waals surface area contributed by atoms with Crippen LogP contribution in [0.5, 0.6) is 0 Å². The molecule has 0 bridgehead atoms. The minimum Gasteiger partial charge on any atom is -0.390 e. The number of hydrogen-bond donors (Lipinski definition) is 2. The average Bonchev–Trinajstić information content (AvgIpc) is 2.40. The number of aliphatic hydroxyl groups is 1. The monoisotopic (exact) mass is 268 g/mol. The number of urea groups is 1. The van der Waals surface area contributed by atoms with Crippen LogP contribution < -0.4 is 5.32 Å². The van der Waals surface area contributed by atoms with Crippen molar-refractivity contribution in [1.82, 2.24) is 10.2 Å². The maximum Gasteiger partial charge on any atom is 0.317 e. The summed E-state index contributed by atoms with van der Waals surface area (Å²) < 4.78 is 0. The number of piperidine rings is 1. The van der Waals surface area contributed by atoms with Gasteiger partial charge in [0.15, 0.2) is 0 Å². The van der Waals surface area contributed by atoms with Crippen LogP contribution in [0.4, 0.5) is 4.79 Å². The summed E-state index contributed by atoms with van der Waals surface area (Å²) in [5.74, 6) is 0.810. The van der Waals surface area contributed by atoms with Gasteiger partial charge in [0.1, 0.15) is 0 Å². The van der Waals surface area contributed by atoms with Crippen LogP contribution in [0.15, 0.2) is 0 Å². The first-order valence-corrected chi connectivity index (χ1v) is 7.74. The van der Waals surface area contributed by atoms with Crippen molar-refractivity contribution in [3.8, 4) is 0 Å². The second-order valence-electron chi connectivity index (χ2n) is 6.64. The van der Waals surface area contributed by atoms with E-state index in [4.69, 9.17) is 0 Å². The third kappa shape index (κ3) is 3.85. The van der Waals surface area contributed by atoms with E-state index in [1.807, 2.05) is 18.7 Å². The molecule has 0 aromatic heterocycles. The first-order valence-electron chi connectivity index (χ1n) is 7.74. The molecule has 19 heavy (non-hydrogen) atoms. The molecule has 2 rings (SSSR count). The van der Waals surface area contributed by atoms with E-state index in [0.717, 1.165) is 6.54 Å². The fraction of sp³-hybridized carbons (Fsp3) is 0.933. The predicted octanol–water partition coefficient (Wildman–Crippen LogP) is 2.37. The average molecular weight is 268 g/mol. The molecule has 0 aromatic carbocycles. The van der Waals surface area contributed by atoms with Crippen molar-refractivity contribution in [3.05, 3.63) is 0 Å². The van der Waals surface area contributed by atoms with Gasteiger partial charge in [-0.3, -0.25) is 0 Å². The van der Waals surface area contributed by atoms with Crippen molar-refractivity contribution in [2.45, 2.75) is 58.0 Å². The van der Waals surface area contributed by atoms with Gasteiger partial charge in [-0.1, -0.05) is 26.2 Å². The molecule has 2 aliphatic rings. The van der Waals surface area contributed by atoms with Gasteiger partial charge in [0, 0.05) is 25.6 Å². The Balaban J connectivity index is 1.74. The summed E-state index contributed by atoms with van der Waals surface area (Å²) in [7, 11) is 0. The molecule has 1 aliphatic carbocycles. The smallest absolute Gasteiger partial charge is 0.317 e. The van der Waals surface area contributed by atoms with Crippen LogP contribution in [0.3, 0.4) is 0 Å². The van der Waals surface area contributed by atoms with Crippen LogP contribution >= 0.6 is 0 Å². The molecule has 2 N–H and O–H groups in total. The van der Waals surface area contributed by atoms with E-state index in [1.165, 1.54) is 32.1 Å². The van der Waals surface area contributed by atoms with Crippen LogP contribution in [-0.2, 0) is 0 Å². The van der Waals surface area contributed by atoms with E-state index in [0.29, 0.717) is 25.4 Å². The molecule has 2 atom stereocenters. The quantitative estimate of drug-likeness (QED) is 0.808. The van der Waals surface area contributed by atoms with E-state index in [2.05, 4.69) is 5.32 Å². The molecule has 4 heteroatoms. The van der Waals surface area contributed by atoms with Crippen molar-refractivity contribution in [1.29, 1.82) is 0 Å². The SMILES string of the molecule is C[C@@H]1CN(C(=O)NCC2CCCCC2)CC[C@]1(C)O. The summed E-state index contributed by atoms with van der Waals surface area (Å²) in [4.78, 5) is 14.0. The molecular formula is C15H28N2O2. The number of carbonyl (C=O) groups is 1. The number of amides is 2. The van der Waals surface area contributed by atoms with Crippen LogP contribution in [0, 0.1) is 11.8 Å². The summed E-state index contributed by atoms with van der Waals surface area (Å²) in [6, 6.07) is 0.0490. The number of carbonyl (C=O) groups excluding carboxylic acids is 1. The van der Waals surface area contributed by atoms with Gasteiger partial charge in [-0.05, 0) is 32.1 Å². The van der Waals surface area contributed by atoms with Crippen LogP contribution in [0.25, 0.3) is 0 Å².